The Labute approximate surface area is 191 Å². The Balaban J connectivity index is 1.68. The normalized spacial score (nSPS) is 14.4. The smallest absolute Gasteiger partial charge is 0.345 e. The van der Waals surface area contributed by atoms with Gasteiger partial charge in [0.25, 0.3) is 0 Å². The zero-order valence-electron chi connectivity index (χ0n) is 17.2. The van der Waals surface area contributed by atoms with Crippen molar-refractivity contribution in [3.8, 4) is 11.5 Å². The molecule has 0 spiro atoms. The molecule has 1 aliphatic rings. The van der Waals surface area contributed by atoms with Crippen LogP contribution in [0.1, 0.15) is 54.9 Å². The fourth-order valence-corrected chi connectivity index (χ4v) is 3.88. The third-order valence-corrected chi connectivity index (χ3v) is 5.53. The lowest BCUT2D eigenvalue weighted by Crippen LogP contribution is -2.28. The van der Waals surface area contributed by atoms with Crippen LogP contribution in [0.15, 0.2) is 41.5 Å². The maximum absolute atomic E-state index is 12.5. The minimum absolute atomic E-state index is 0.0337. The average Bonchev–Trinajstić information content (AvgIpc) is 2.76. The molecule has 0 atom stereocenters. The Bertz CT molecular complexity index is 972. The maximum atomic E-state index is 12.5. The van der Waals surface area contributed by atoms with Gasteiger partial charge >= 0.3 is 5.97 Å². The number of nitrogens with one attached hydrogen (secondary N) is 1. The van der Waals surface area contributed by atoms with E-state index in [9.17, 15) is 9.59 Å². The number of ether oxygens (including phenoxy) is 2. The number of benzene rings is 2. The Kier molecular flexibility index (Phi) is 8.32. The first-order chi connectivity index (χ1) is 15.0. The number of hydrazone groups is 1. The lowest BCUT2D eigenvalue weighted by Gasteiger charge is -2.19. The van der Waals surface area contributed by atoms with E-state index in [2.05, 4.69) is 10.5 Å². The van der Waals surface area contributed by atoms with Crippen molar-refractivity contribution in [3.63, 3.8) is 0 Å². The molecule has 1 saturated carbocycles. The number of rotatable bonds is 7. The molecule has 2 aromatic carbocycles. The van der Waals surface area contributed by atoms with Crippen LogP contribution in [0.3, 0.4) is 0 Å². The molecule has 3 rings (SSSR count). The van der Waals surface area contributed by atoms with Gasteiger partial charge in [-0.25, -0.2) is 10.2 Å². The first-order valence-electron chi connectivity index (χ1n) is 10.2. The molecule has 31 heavy (non-hydrogen) atoms. The van der Waals surface area contributed by atoms with Crippen LogP contribution in [0.25, 0.3) is 0 Å². The van der Waals surface area contributed by atoms with Crippen LogP contribution in [-0.4, -0.2) is 24.7 Å². The van der Waals surface area contributed by atoms with Crippen molar-refractivity contribution in [2.45, 2.75) is 39.0 Å². The van der Waals surface area contributed by atoms with E-state index in [1.807, 2.05) is 6.92 Å². The SMILES string of the molecule is CCOc1cc(/C=N/NC(=O)C2CCCCC2)ccc1OC(=O)c1ccc(Cl)cc1Cl. The highest BCUT2D eigenvalue weighted by atomic mass is 35.5. The van der Waals surface area contributed by atoms with Gasteiger partial charge in [-0.15, -0.1) is 0 Å². The van der Waals surface area contributed by atoms with Gasteiger partial charge in [-0.3, -0.25) is 4.79 Å². The van der Waals surface area contributed by atoms with Crippen LogP contribution >= 0.6 is 23.2 Å². The predicted octanol–water partition coefficient (Wildman–Crippen LogP) is 5.64. The molecular weight excluding hydrogens is 439 g/mol. The molecule has 8 heteroatoms. The molecule has 0 saturated heterocycles. The lowest BCUT2D eigenvalue weighted by atomic mass is 9.89. The number of nitrogens with zero attached hydrogens (tertiary/aromatic N) is 1. The van der Waals surface area contributed by atoms with Crippen molar-refractivity contribution < 1.29 is 19.1 Å². The van der Waals surface area contributed by atoms with Gasteiger partial charge in [0.1, 0.15) is 0 Å². The molecule has 1 fully saturated rings. The van der Waals surface area contributed by atoms with Crippen LogP contribution in [-0.2, 0) is 4.79 Å². The summed E-state index contributed by atoms with van der Waals surface area (Å²) in [4.78, 5) is 24.7. The van der Waals surface area contributed by atoms with Crippen molar-refractivity contribution in [3.05, 3.63) is 57.6 Å². The van der Waals surface area contributed by atoms with E-state index in [1.54, 1.807) is 24.3 Å². The molecule has 0 heterocycles. The van der Waals surface area contributed by atoms with Crippen molar-refractivity contribution in [1.29, 1.82) is 0 Å². The molecule has 0 bridgehead atoms. The fraction of sp³-hybridized carbons (Fsp3) is 0.348. The van der Waals surface area contributed by atoms with Crippen LogP contribution in [0.4, 0.5) is 0 Å². The van der Waals surface area contributed by atoms with Crippen molar-refractivity contribution in [1.82, 2.24) is 5.43 Å². The van der Waals surface area contributed by atoms with Crippen molar-refractivity contribution in [2.24, 2.45) is 11.0 Å². The van der Waals surface area contributed by atoms with Gasteiger partial charge in [-0.2, -0.15) is 5.10 Å². The number of carbonyl (C=O) groups excluding carboxylic acids is 2. The Morgan fingerprint density at radius 3 is 2.58 bits per heavy atom. The van der Waals surface area contributed by atoms with Gasteiger partial charge < -0.3 is 9.47 Å². The maximum Gasteiger partial charge on any atom is 0.345 e. The van der Waals surface area contributed by atoms with Gasteiger partial charge in [-0.1, -0.05) is 42.5 Å². The second-order valence-corrected chi connectivity index (χ2v) is 8.07. The van der Waals surface area contributed by atoms with E-state index in [-0.39, 0.29) is 28.2 Å². The monoisotopic (exact) mass is 462 g/mol. The molecule has 0 aliphatic heterocycles. The molecule has 164 valence electrons. The quantitative estimate of drug-likeness (QED) is 0.250. The average molecular weight is 463 g/mol. The van der Waals surface area contributed by atoms with Crippen molar-refractivity contribution >= 4 is 41.3 Å². The fourth-order valence-electron chi connectivity index (χ4n) is 3.39. The molecule has 1 amide bonds. The highest BCUT2D eigenvalue weighted by Crippen LogP contribution is 2.30. The van der Waals surface area contributed by atoms with Crippen LogP contribution in [0.2, 0.25) is 10.0 Å². The van der Waals surface area contributed by atoms with E-state index < -0.39 is 5.97 Å². The topological polar surface area (TPSA) is 77.0 Å². The molecule has 0 aromatic heterocycles. The van der Waals surface area contributed by atoms with Crippen LogP contribution in [0.5, 0.6) is 11.5 Å². The Morgan fingerprint density at radius 2 is 1.87 bits per heavy atom. The third-order valence-electron chi connectivity index (χ3n) is 4.99. The summed E-state index contributed by atoms with van der Waals surface area (Å²) in [6, 6.07) is 9.55. The minimum Gasteiger partial charge on any atom is -0.490 e. The van der Waals surface area contributed by atoms with E-state index >= 15 is 0 Å². The molecular formula is C23H24Cl2N2O4. The van der Waals surface area contributed by atoms with Gasteiger partial charge in [0.15, 0.2) is 11.5 Å². The van der Waals surface area contributed by atoms with Crippen LogP contribution < -0.4 is 14.9 Å². The summed E-state index contributed by atoms with van der Waals surface area (Å²) in [6.07, 6.45) is 6.71. The molecule has 1 aliphatic carbocycles. The number of halogens is 2. The molecule has 0 unspecified atom stereocenters. The molecule has 6 nitrogen and oxygen atoms in total. The standard InChI is InChI=1S/C23H24Cl2N2O4/c1-2-30-21-12-15(14-26-27-22(28)16-6-4-3-5-7-16)8-11-20(21)31-23(29)18-10-9-17(24)13-19(18)25/h8-14,16H,2-7H2,1H3,(H,27,28)/b26-14+. The Morgan fingerprint density at radius 1 is 1.10 bits per heavy atom. The van der Waals surface area contributed by atoms with Gasteiger partial charge in [-0.05, 0) is 61.7 Å². The Hall–Kier alpha value is -2.57. The molecule has 2 aromatic rings. The number of hydrogen-bond donors (Lipinski definition) is 1. The minimum atomic E-state index is -0.621. The number of amides is 1. The van der Waals surface area contributed by atoms with Gasteiger partial charge in [0.05, 0.1) is 23.4 Å². The van der Waals surface area contributed by atoms with Crippen molar-refractivity contribution in [2.75, 3.05) is 6.61 Å². The van der Waals surface area contributed by atoms with Gasteiger partial charge in [0, 0.05) is 10.9 Å². The summed E-state index contributed by atoms with van der Waals surface area (Å²) in [5.41, 5.74) is 3.50. The van der Waals surface area contributed by atoms with Gasteiger partial charge in [0.2, 0.25) is 5.91 Å². The predicted molar refractivity (Wildman–Crippen MR) is 121 cm³/mol. The second-order valence-electron chi connectivity index (χ2n) is 7.22. The molecule has 1 N–H and O–H groups in total. The third kappa shape index (κ3) is 6.45. The summed E-state index contributed by atoms with van der Waals surface area (Å²) in [5, 5.41) is 4.69. The number of hydrogen-bond acceptors (Lipinski definition) is 5. The summed E-state index contributed by atoms with van der Waals surface area (Å²) >= 11 is 12.0. The highest BCUT2D eigenvalue weighted by Gasteiger charge is 2.20. The number of esters is 1. The largest absolute Gasteiger partial charge is 0.490 e. The summed E-state index contributed by atoms with van der Waals surface area (Å²) in [6.45, 7) is 2.21. The summed E-state index contributed by atoms with van der Waals surface area (Å²) in [5.74, 6) is -0.00808. The summed E-state index contributed by atoms with van der Waals surface area (Å²) < 4.78 is 11.1. The zero-order chi connectivity index (χ0) is 22.2. The van der Waals surface area contributed by atoms with E-state index in [0.29, 0.717) is 22.9 Å². The van der Waals surface area contributed by atoms with E-state index in [0.717, 1.165) is 25.7 Å². The van der Waals surface area contributed by atoms with Crippen LogP contribution in [0, 0.1) is 5.92 Å². The number of carbonyl (C=O) groups is 2. The molecule has 0 radical (unpaired) electrons. The van der Waals surface area contributed by atoms with E-state index in [4.69, 9.17) is 32.7 Å². The first-order valence-corrected chi connectivity index (χ1v) is 11.0. The first kappa shape index (κ1) is 23.1. The lowest BCUT2D eigenvalue weighted by molar-refractivity contribution is -0.125. The summed E-state index contributed by atoms with van der Waals surface area (Å²) in [7, 11) is 0. The highest BCUT2D eigenvalue weighted by molar-refractivity contribution is 6.36. The second kappa shape index (κ2) is 11.2. The zero-order valence-corrected chi connectivity index (χ0v) is 18.7. The van der Waals surface area contributed by atoms with E-state index in [1.165, 1.54) is 24.8 Å².